The summed E-state index contributed by atoms with van der Waals surface area (Å²) in [5.74, 6) is 0.954. The molecule has 2 heterocycles. The zero-order chi connectivity index (χ0) is 19.1. The third-order valence-corrected chi connectivity index (χ3v) is 4.14. The van der Waals surface area contributed by atoms with Gasteiger partial charge in [0.1, 0.15) is 6.04 Å². The summed E-state index contributed by atoms with van der Waals surface area (Å²) >= 11 is 0. The predicted molar refractivity (Wildman–Crippen MR) is 102 cm³/mol. The van der Waals surface area contributed by atoms with Crippen molar-refractivity contribution in [1.29, 1.82) is 0 Å². The van der Waals surface area contributed by atoms with E-state index in [0.29, 0.717) is 18.3 Å². The van der Waals surface area contributed by atoms with Crippen LogP contribution in [-0.2, 0) is 6.42 Å². The fraction of sp³-hybridized carbons (Fsp3) is 0.300. The maximum absolute atomic E-state index is 12.3. The van der Waals surface area contributed by atoms with Crippen LogP contribution < -0.4 is 10.6 Å². The third kappa shape index (κ3) is 5.13. The first-order valence-corrected chi connectivity index (χ1v) is 8.96. The molecule has 0 saturated heterocycles. The summed E-state index contributed by atoms with van der Waals surface area (Å²) in [4.78, 5) is 20.7. The molecule has 0 radical (unpaired) electrons. The average molecular weight is 365 g/mol. The molecule has 1 unspecified atom stereocenters. The van der Waals surface area contributed by atoms with Gasteiger partial charge in [0.15, 0.2) is 0 Å². The molecule has 1 atom stereocenters. The predicted octanol–water partition coefficient (Wildman–Crippen LogP) is 3.37. The molecule has 0 aliphatic heterocycles. The van der Waals surface area contributed by atoms with Gasteiger partial charge in [0.25, 0.3) is 0 Å². The Balaban J connectivity index is 1.59. The maximum Gasteiger partial charge on any atom is 0.315 e. The Morgan fingerprint density at radius 3 is 2.56 bits per heavy atom. The van der Waals surface area contributed by atoms with Crippen molar-refractivity contribution in [3.05, 3.63) is 66.3 Å². The molecule has 27 heavy (non-hydrogen) atoms. The number of carbonyl (C=O) groups is 1. The molecule has 0 aliphatic carbocycles. The van der Waals surface area contributed by atoms with Crippen molar-refractivity contribution >= 4 is 6.03 Å². The number of pyridine rings is 1. The van der Waals surface area contributed by atoms with Crippen LogP contribution in [0.3, 0.4) is 0 Å². The molecule has 2 aromatic heterocycles. The highest BCUT2D eigenvalue weighted by atomic mass is 16.5. The molecule has 0 fully saturated rings. The van der Waals surface area contributed by atoms with Crippen molar-refractivity contribution in [2.45, 2.75) is 26.3 Å². The van der Waals surface area contributed by atoms with Crippen LogP contribution in [0.4, 0.5) is 4.79 Å². The van der Waals surface area contributed by atoms with E-state index in [1.165, 1.54) is 5.56 Å². The Bertz CT molecular complexity index is 849. The second kappa shape index (κ2) is 8.93. The maximum atomic E-state index is 12.3. The lowest BCUT2D eigenvalue weighted by Gasteiger charge is -2.18. The van der Waals surface area contributed by atoms with E-state index in [9.17, 15) is 4.79 Å². The number of hydrogen-bond acceptors (Lipinski definition) is 5. The first kappa shape index (κ1) is 18.6. The van der Waals surface area contributed by atoms with Gasteiger partial charge in [-0.3, -0.25) is 4.98 Å². The van der Waals surface area contributed by atoms with Gasteiger partial charge in [-0.2, -0.15) is 4.98 Å². The Kier molecular flexibility index (Phi) is 6.14. The van der Waals surface area contributed by atoms with E-state index >= 15 is 0 Å². The second-order valence-electron chi connectivity index (χ2n) is 6.55. The summed E-state index contributed by atoms with van der Waals surface area (Å²) in [6, 6.07) is 13.0. The number of hydrogen-bond donors (Lipinski definition) is 2. The van der Waals surface area contributed by atoms with Gasteiger partial charge in [0, 0.05) is 24.5 Å². The Labute approximate surface area is 158 Å². The van der Waals surface area contributed by atoms with E-state index in [1.54, 1.807) is 12.4 Å². The van der Waals surface area contributed by atoms with Crippen LogP contribution in [0.2, 0.25) is 0 Å². The van der Waals surface area contributed by atoms with Crippen molar-refractivity contribution < 1.29 is 9.32 Å². The molecule has 1 aromatic carbocycles. The largest absolute Gasteiger partial charge is 0.338 e. The van der Waals surface area contributed by atoms with Crippen LogP contribution >= 0.6 is 0 Å². The zero-order valence-electron chi connectivity index (χ0n) is 15.4. The number of nitrogens with one attached hydrogen (secondary N) is 2. The summed E-state index contributed by atoms with van der Waals surface area (Å²) in [5.41, 5.74) is 1.99. The van der Waals surface area contributed by atoms with E-state index in [0.717, 1.165) is 12.0 Å². The highest BCUT2D eigenvalue weighted by Crippen LogP contribution is 2.23. The van der Waals surface area contributed by atoms with Gasteiger partial charge < -0.3 is 15.2 Å². The van der Waals surface area contributed by atoms with E-state index < -0.39 is 0 Å². The Morgan fingerprint density at radius 1 is 1.11 bits per heavy atom. The molecule has 3 aromatic rings. The van der Waals surface area contributed by atoms with Gasteiger partial charge in [0.2, 0.25) is 11.7 Å². The number of rotatable bonds is 7. The molecular formula is C20H23N5O2. The van der Waals surface area contributed by atoms with Crippen molar-refractivity contribution in [2.75, 3.05) is 6.54 Å². The number of nitrogens with zero attached hydrogens (tertiary/aromatic N) is 3. The molecule has 140 valence electrons. The van der Waals surface area contributed by atoms with E-state index in [2.05, 4.69) is 25.8 Å². The minimum absolute atomic E-state index is 0.0932. The van der Waals surface area contributed by atoms with Gasteiger partial charge in [-0.1, -0.05) is 49.3 Å². The SMILES string of the molecule is CC(C)C(NC(=O)NCCc1ccccc1)c1nc(-c2ccncc2)no1. The summed E-state index contributed by atoms with van der Waals surface area (Å²) < 4.78 is 5.39. The highest BCUT2D eigenvalue weighted by Gasteiger charge is 2.24. The summed E-state index contributed by atoms with van der Waals surface area (Å²) in [5, 5.41) is 9.81. The zero-order valence-corrected chi connectivity index (χ0v) is 15.4. The number of amides is 2. The van der Waals surface area contributed by atoms with Gasteiger partial charge in [-0.15, -0.1) is 0 Å². The van der Waals surface area contributed by atoms with Gasteiger partial charge in [-0.25, -0.2) is 4.79 Å². The first-order chi connectivity index (χ1) is 13.1. The standard InChI is InChI=1S/C20H23N5O2/c1-14(2)17(19-24-18(25-27-19)16-9-11-21-12-10-16)23-20(26)22-13-8-15-6-4-3-5-7-15/h3-7,9-12,14,17H,8,13H2,1-2H3,(H2,22,23,26). The highest BCUT2D eigenvalue weighted by molar-refractivity contribution is 5.74. The Morgan fingerprint density at radius 2 is 1.85 bits per heavy atom. The van der Waals surface area contributed by atoms with Gasteiger partial charge in [0.05, 0.1) is 0 Å². The molecule has 0 bridgehead atoms. The second-order valence-corrected chi connectivity index (χ2v) is 6.55. The van der Waals surface area contributed by atoms with Crippen molar-refractivity contribution in [1.82, 2.24) is 25.8 Å². The summed E-state index contributed by atoms with van der Waals surface area (Å²) in [6.45, 7) is 4.53. The third-order valence-electron chi connectivity index (χ3n) is 4.14. The van der Waals surface area contributed by atoms with Crippen LogP contribution in [0, 0.1) is 5.92 Å². The lowest BCUT2D eigenvalue weighted by molar-refractivity contribution is 0.225. The molecule has 0 aliphatic rings. The average Bonchev–Trinajstić information content (AvgIpc) is 3.17. The van der Waals surface area contributed by atoms with Crippen LogP contribution in [0.5, 0.6) is 0 Å². The summed E-state index contributed by atoms with van der Waals surface area (Å²) in [7, 11) is 0. The van der Waals surface area contributed by atoms with Gasteiger partial charge in [-0.05, 0) is 30.0 Å². The topological polar surface area (TPSA) is 92.9 Å². The van der Waals surface area contributed by atoms with Crippen molar-refractivity contribution in [2.24, 2.45) is 5.92 Å². The number of carbonyl (C=O) groups excluding carboxylic acids is 1. The van der Waals surface area contributed by atoms with E-state index in [4.69, 9.17) is 4.52 Å². The smallest absolute Gasteiger partial charge is 0.315 e. The van der Waals surface area contributed by atoms with E-state index in [1.807, 2.05) is 56.3 Å². The number of aromatic nitrogens is 3. The van der Waals surface area contributed by atoms with Crippen molar-refractivity contribution in [3.8, 4) is 11.4 Å². The monoisotopic (exact) mass is 365 g/mol. The summed E-state index contributed by atoms with van der Waals surface area (Å²) in [6.07, 6.45) is 4.11. The molecule has 2 amide bonds. The van der Waals surface area contributed by atoms with Crippen LogP contribution in [-0.4, -0.2) is 27.7 Å². The Hall–Kier alpha value is -3.22. The fourth-order valence-corrected chi connectivity index (χ4v) is 2.65. The lowest BCUT2D eigenvalue weighted by atomic mass is 10.0. The molecule has 7 nitrogen and oxygen atoms in total. The molecular weight excluding hydrogens is 342 g/mol. The van der Waals surface area contributed by atoms with Crippen LogP contribution in [0.25, 0.3) is 11.4 Å². The molecule has 7 heteroatoms. The molecule has 0 saturated carbocycles. The number of benzene rings is 1. The molecule has 2 N–H and O–H groups in total. The number of urea groups is 1. The van der Waals surface area contributed by atoms with Crippen molar-refractivity contribution in [3.63, 3.8) is 0 Å². The quantitative estimate of drug-likeness (QED) is 0.670. The molecule has 3 rings (SSSR count). The fourth-order valence-electron chi connectivity index (χ4n) is 2.65. The minimum Gasteiger partial charge on any atom is -0.338 e. The van der Waals surface area contributed by atoms with Crippen LogP contribution in [0.1, 0.15) is 31.3 Å². The van der Waals surface area contributed by atoms with Gasteiger partial charge >= 0.3 is 6.03 Å². The minimum atomic E-state index is -0.371. The van der Waals surface area contributed by atoms with Crippen LogP contribution in [0.15, 0.2) is 59.4 Å². The molecule has 0 spiro atoms. The lowest BCUT2D eigenvalue weighted by Crippen LogP contribution is -2.40. The van der Waals surface area contributed by atoms with E-state index in [-0.39, 0.29) is 18.0 Å². The first-order valence-electron chi connectivity index (χ1n) is 8.96. The normalized spacial score (nSPS) is 12.0.